The Labute approximate surface area is 187 Å². The number of rotatable bonds is 5. The Balaban J connectivity index is 1.83. The van der Waals surface area contributed by atoms with Crippen molar-refractivity contribution < 1.29 is 9.30 Å². The second kappa shape index (κ2) is 8.45. The zero-order valence-corrected chi connectivity index (χ0v) is 18.6. The minimum Gasteiger partial charge on any atom is -0.497 e. The lowest BCUT2D eigenvalue weighted by Crippen LogP contribution is -2.28. The number of benzene rings is 4. The van der Waals surface area contributed by atoms with E-state index >= 15 is 4.57 Å². The van der Waals surface area contributed by atoms with E-state index in [0.29, 0.717) is 5.44 Å². The summed E-state index contributed by atoms with van der Waals surface area (Å²) < 4.78 is 20.3. The maximum absolute atomic E-state index is 15.0. The molecule has 0 atom stereocenters. The molecule has 0 aliphatic heterocycles. The lowest BCUT2D eigenvalue weighted by Gasteiger charge is -2.21. The van der Waals surface area contributed by atoms with Crippen molar-refractivity contribution in [1.29, 1.82) is 0 Å². The summed E-state index contributed by atoms with van der Waals surface area (Å²) in [5.74, 6) is 0.786. The summed E-state index contributed by atoms with van der Waals surface area (Å²) in [4.78, 5) is 5.05. The number of methoxy groups -OCH3 is 1. The smallest absolute Gasteiger partial charge is 0.189 e. The molecule has 0 aliphatic carbocycles. The van der Waals surface area contributed by atoms with Crippen molar-refractivity contribution in [1.82, 2.24) is 4.98 Å². The Bertz CT molecular complexity index is 1370. The number of ether oxygens (including phenoxy) is 1. The van der Waals surface area contributed by atoms with Gasteiger partial charge >= 0.3 is 0 Å². The summed E-state index contributed by atoms with van der Waals surface area (Å²) in [6.45, 7) is 0. The van der Waals surface area contributed by atoms with Crippen molar-refractivity contribution in [2.75, 3.05) is 7.11 Å². The molecule has 0 aliphatic rings. The highest BCUT2D eigenvalue weighted by molar-refractivity contribution is 7.85. The summed E-state index contributed by atoms with van der Waals surface area (Å²) in [7, 11) is -1.57. The van der Waals surface area contributed by atoms with Crippen LogP contribution >= 0.6 is 7.14 Å². The van der Waals surface area contributed by atoms with Gasteiger partial charge in [-0.25, -0.2) is 4.98 Å². The first kappa shape index (κ1) is 20.2. The number of aromatic nitrogens is 1. The lowest BCUT2D eigenvalue weighted by atomic mass is 10.1. The summed E-state index contributed by atoms with van der Waals surface area (Å²) in [5, 5.41) is 3.46. The van der Waals surface area contributed by atoms with Crippen LogP contribution in [0.5, 0.6) is 5.75 Å². The maximum Gasteiger partial charge on any atom is 0.189 e. The molecular formula is C28H22NO2P. The number of nitrogens with zero attached hydrogens (tertiary/aromatic N) is 1. The molecule has 0 unspecified atom stereocenters. The van der Waals surface area contributed by atoms with Crippen LogP contribution in [0.15, 0.2) is 115 Å². The van der Waals surface area contributed by atoms with Gasteiger partial charge in [-0.05, 0) is 35.7 Å². The van der Waals surface area contributed by atoms with Crippen molar-refractivity contribution in [3.63, 3.8) is 0 Å². The molecule has 5 rings (SSSR count). The third kappa shape index (κ3) is 3.51. The Hall–Kier alpha value is -3.68. The summed E-state index contributed by atoms with van der Waals surface area (Å²) in [6.07, 6.45) is 0. The summed E-state index contributed by atoms with van der Waals surface area (Å²) in [6, 6.07) is 37.2. The summed E-state index contributed by atoms with van der Waals surface area (Å²) >= 11 is 0. The second-order valence-corrected chi connectivity index (χ2v) is 10.2. The monoisotopic (exact) mass is 435 g/mol. The molecule has 3 nitrogen and oxygen atoms in total. The molecule has 1 heterocycles. The van der Waals surface area contributed by atoms with Gasteiger partial charge in [0.2, 0.25) is 0 Å². The van der Waals surface area contributed by atoms with Gasteiger partial charge in [-0.3, -0.25) is 0 Å². The SMILES string of the molecule is COc1ccc(-c2cc3ccccc3c(P(=O)(c3ccccc3)c3ccccc3)n2)cc1. The van der Waals surface area contributed by atoms with E-state index in [1.807, 2.05) is 109 Å². The standard InChI is InChI=1S/C28H22NO2P/c1-31-23-18-16-21(17-19-23)27-20-22-10-8-9-15-26(22)28(29-27)32(30,24-11-4-2-5-12-24)25-13-6-3-7-14-25/h2-20H,1H3. The molecule has 4 aromatic carbocycles. The number of hydrogen-bond acceptors (Lipinski definition) is 3. The zero-order chi connectivity index (χ0) is 22.0. The second-order valence-electron chi connectivity index (χ2n) is 7.56. The van der Waals surface area contributed by atoms with Crippen LogP contribution in [0.2, 0.25) is 0 Å². The van der Waals surface area contributed by atoms with Crippen molar-refractivity contribution in [2.45, 2.75) is 0 Å². The first-order valence-corrected chi connectivity index (χ1v) is 12.2. The Morgan fingerprint density at radius 1 is 0.688 bits per heavy atom. The molecule has 156 valence electrons. The van der Waals surface area contributed by atoms with Crippen molar-refractivity contribution >= 4 is 34.0 Å². The van der Waals surface area contributed by atoms with Gasteiger partial charge in [0, 0.05) is 21.6 Å². The van der Waals surface area contributed by atoms with E-state index in [4.69, 9.17) is 9.72 Å². The van der Waals surface area contributed by atoms with Gasteiger partial charge in [-0.2, -0.15) is 0 Å². The van der Waals surface area contributed by atoms with E-state index in [-0.39, 0.29) is 0 Å². The minimum atomic E-state index is -3.22. The number of fused-ring (bicyclic) bond motifs is 1. The average molecular weight is 435 g/mol. The molecule has 32 heavy (non-hydrogen) atoms. The van der Waals surface area contributed by atoms with E-state index in [2.05, 4.69) is 6.07 Å². The topological polar surface area (TPSA) is 39.2 Å². The fourth-order valence-corrected chi connectivity index (χ4v) is 6.76. The lowest BCUT2D eigenvalue weighted by molar-refractivity contribution is 0.415. The Kier molecular flexibility index (Phi) is 5.34. The van der Waals surface area contributed by atoms with Crippen LogP contribution < -0.4 is 20.8 Å². The van der Waals surface area contributed by atoms with Gasteiger partial charge in [0.25, 0.3) is 0 Å². The molecule has 0 radical (unpaired) electrons. The highest BCUT2D eigenvalue weighted by Gasteiger charge is 2.33. The van der Waals surface area contributed by atoms with Gasteiger partial charge in [0.05, 0.1) is 12.8 Å². The maximum atomic E-state index is 15.0. The average Bonchev–Trinajstić information content (AvgIpc) is 2.88. The van der Waals surface area contributed by atoms with Crippen LogP contribution in [0.4, 0.5) is 0 Å². The van der Waals surface area contributed by atoms with Crippen LogP contribution in [0, 0.1) is 0 Å². The van der Waals surface area contributed by atoms with Gasteiger partial charge in [-0.15, -0.1) is 0 Å². The Morgan fingerprint density at radius 2 is 1.25 bits per heavy atom. The molecule has 5 aromatic rings. The predicted molar refractivity (Wildman–Crippen MR) is 133 cm³/mol. The highest BCUT2D eigenvalue weighted by atomic mass is 31.2. The van der Waals surface area contributed by atoms with Gasteiger partial charge in [0.15, 0.2) is 7.14 Å². The Morgan fingerprint density at radius 3 is 1.84 bits per heavy atom. The fraction of sp³-hybridized carbons (Fsp3) is 0.0357. The first-order valence-electron chi connectivity index (χ1n) is 10.5. The molecular weight excluding hydrogens is 413 g/mol. The van der Waals surface area contributed by atoms with Crippen LogP contribution in [0.1, 0.15) is 0 Å². The van der Waals surface area contributed by atoms with Crippen molar-refractivity contribution in [2.24, 2.45) is 0 Å². The molecule has 0 saturated heterocycles. The normalized spacial score (nSPS) is 11.4. The van der Waals surface area contributed by atoms with Crippen LogP contribution in [-0.2, 0) is 4.57 Å². The van der Waals surface area contributed by atoms with E-state index in [1.165, 1.54) is 0 Å². The van der Waals surface area contributed by atoms with Crippen LogP contribution in [0.25, 0.3) is 22.0 Å². The third-order valence-electron chi connectivity index (χ3n) is 5.64. The largest absolute Gasteiger partial charge is 0.497 e. The molecule has 0 spiro atoms. The predicted octanol–water partition coefficient (Wildman–Crippen LogP) is 5.55. The van der Waals surface area contributed by atoms with Crippen molar-refractivity contribution in [3.8, 4) is 17.0 Å². The zero-order valence-electron chi connectivity index (χ0n) is 17.7. The van der Waals surface area contributed by atoms with E-state index in [9.17, 15) is 0 Å². The highest BCUT2D eigenvalue weighted by Crippen LogP contribution is 2.44. The molecule has 0 saturated carbocycles. The quantitative estimate of drug-likeness (QED) is 0.340. The van der Waals surface area contributed by atoms with Crippen LogP contribution in [-0.4, -0.2) is 12.1 Å². The van der Waals surface area contributed by atoms with Gasteiger partial charge < -0.3 is 9.30 Å². The fourth-order valence-electron chi connectivity index (χ4n) is 4.00. The van der Waals surface area contributed by atoms with Gasteiger partial charge in [0.1, 0.15) is 11.2 Å². The van der Waals surface area contributed by atoms with E-state index in [0.717, 1.165) is 38.4 Å². The van der Waals surface area contributed by atoms with E-state index in [1.54, 1.807) is 7.11 Å². The molecule has 0 bridgehead atoms. The summed E-state index contributed by atoms with van der Waals surface area (Å²) in [5.41, 5.74) is 2.35. The van der Waals surface area contributed by atoms with E-state index < -0.39 is 7.14 Å². The molecule has 0 fully saturated rings. The molecule has 0 N–H and O–H groups in total. The minimum absolute atomic E-state index is 0.610. The van der Waals surface area contributed by atoms with Crippen molar-refractivity contribution in [3.05, 3.63) is 115 Å². The third-order valence-corrected chi connectivity index (χ3v) is 8.63. The number of pyridine rings is 1. The molecule has 4 heteroatoms. The first-order chi connectivity index (χ1) is 15.7. The molecule has 0 amide bonds. The van der Waals surface area contributed by atoms with Gasteiger partial charge in [-0.1, -0.05) is 84.9 Å². The number of hydrogen-bond donors (Lipinski definition) is 0. The van der Waals surface area contributed by atoms with Crippen LogP contribution in [0.3, 0.4) is 0 Å². The molecule has 1 aromatic heterocycles.